The topological polar surface area (TPSA) is 29.1 Å². The van der Waals surface area contributed by atoms with E-state index in [-0.39, 0.29) is 15.6 Å². The van der Waals surface area contributed by atoms with Crippen LogP contribution in [0.15, 0.2) is 36.4 Å². The molecule has 2 nitrogen and oxygen atoms in total. The molecule has 0 atom stereocenters. The molecule has 2 rings (SSSR count). The first-order chi connectivity index (χ1) is 8.97. The van der Waals surface area contributed by atoms with Crippen molar-refractivity contribution in [3.05, 3.63) is 63.6 Å². The Balaban J connectivity index is 2.31. The standard InChI is InChI=1S/C13H7Cl2F2NO/c14-8-4-7(5-9(15)6-8)13(19)18-12-10(16)2-1-3-11(12)17/h1-6H,(H,18,19). The van der Waals surface area contributed by atoms with Gasteiger partial charge < -0.3 is 5.32 Å². The van der Waals surface area contributed by atoms with Crippen molar-refractivity contribution in [1.29, 1.82) is 0 Å². The summed E-state index contributed by atoms with van der Waals surface area (Å²) in [5.74, 6) is -2.42. The lowest BCUT2D eigenvalue weighted by atomic mass is 10.2. The van der Waals surface area contributed by atoms with E-state index in [1.54, 1.807) is 0 Å². The van der Waals surface area contributed by atoms with E-state index in [0.29, 0.717) is 0 Å². The van der Waals surface area contributed by atoms with Gasteiger partial charge in [0.15, 0.2) is 0 Å². The maximum Gasteiger partial charge on any atom is 0.255 e. The summed E-state index contributed by atoms with van der Waals surface area (Å²) in [4.78, 5) is 11.9. The number of carbonyl (C=O) groups excluding carboxylic acids is 1. The molecule has 0 fully saturated rings. The van der Waals surface area contributed by atoms with Gasteiger partial charge in [0.2, 0.25) is 0 Å². The zero-order chi connectivity index (χ0) is 14.0. The van der Waals surface area contributed by atoms with Crippen molar-refractivity contribution >= 4 is 34.8 Å². The highest BCUT2D eigenvalue weighted by molar-refractivity contribution is 6.35. The minimum atomic E-state index is -0.860. The van der Waals surface area contributed by atoms with Crippen molar-refractivity contribution in [2.75, 3.05) is 5.32 Å². The van der Waals surface area contributed by atoms with Crippen molar-refractivity contribution in [1.82, 2.24) is 0 Å². The third-order valence-electron chi connectivity index (χ3n) is 2.33. The molecule has 1 amide bonds. The van der Waals surface area contributed by atoms with Crippen LogP contribution in [-0.2, 0) is 0 Å². The number of benzene rings is 2. The van der Waals surface area contributed by atoms with Gasteiger partial charge in [-0.05, 0) is 30.3 Å². The van der Waals surface area contributed by atoms with Gasteiger partial charge in [0.05, 0.1) is 0 Å². The van der Waals surface area contributed by atoms with Gasteiger partial charge in [-0.25, -0.2) is 8.78 Å². The monoisotopic (exact) mass is 301 g/mol. The number of carbonyl (C=O) groups is 1. The fourth-order valence-electron chi connectivity index (χ4n) is 1.49. The average molecular weight is 302 g/mol. The maximum absolute atomic E-state index is 13.4. The highest BCUT2D eigenvalue weighted by Gasteiger charge is 2.14. The molecule has 2 aromatic rings. The molecule has 0 heterocycles. The van der Waals surface area contributed by atoms with Gasteiger partial charge in [-0.2, -0.15) is 0 Å². The Hall–Kier alpha value is -1.65. The van der Waals surface area contributed by atoms with Crippen LogP contribution in [0.4, 0.5) is 14.5 Å². The predicted octanol–water partition coefficient (Wildman–Crippen LogP) is 4.52. The number of anilines is 1. The second kappa shape index (κ2) is 5.55. The molecule has 6 heteroatoms. The predicted molar refractivity (Wildman–Crippen MR) is 70.8 cm³/mol. The summed E-state index contributed by atoms with van der Waals surface area (Å²) in [6, 6.07) is 7.44. The maximum atomic E-state index is 13.4. The molecule has 0 bridgehead atoms. The van der Waals surface area contributed by atoms with Crippen LogP contribution in [0, 0.1) is 11.6 Å². The number of halogens is 4. The van der Waals surface area contributed by atoms with Crippen LogP contribution >= 0.6 is 23.2 Å². The van der Waals surface area contributed by atoms with Crippen LogP contribution in [-0.4, -0.2) is 5.91 Å². The van der Waals surface area contributed by atoms with E-state index in [1.165, 1.54) is 24.3 Å². The summed E-state index contributed by atoms with van der Waals surface area (Å²) >= 11 is 11.5. The molecule has 2 aromatic carbocycles. The number of amides is 1. The third kappa shape index (κ3) is 3.22. The zero-order valence-electron chi connectivity index (χ0n) is 9.38. The second-order valence-corrected chi connectivity index (χ2v) is 4.58. The van der Waals surface area contributed by atoms with E-state index in [4.69, 9.17) is 23.2 Å². The Morgan fingerprint density at radius 2 is 1.53 bits per heavy atom. The SMILES string of the molecule is O=C(Nc1c(F)cccc1F)c1cc(Cl)cc(Cl)c1. The Kier molecular flexibility index (Phi) is 4.02. The van der Waals surface area contributed by atoms with Gasteiger partial charge in [0, 0.05) is 15.6 Å². The number of para-hydroxylation sites is 1. The Labute approximate surface area is 118 Å². The number of rotatable bonds is 2. The normalized spacial score (nSPS) is 10.3. The molecule has 0 radical (unpaired) electrons. The highest BCUT2D eigenvalue weighted by atomic mass is 35.5. The van der Waals surface area contributed by atoms with Crippen LogP contribution in [0.1, 0.15) is 10.4 Å². The molecule has 98 valence electrons. The van der Waals surface area contributed by atoms with Gasteiger partial charge in [-0.15, -0.1) is 0 Å². The van der Waals surface area contributed by atoms with Crippen molar-refractivity contribution in [2.24, 2.45) is 0 Å². The van der Waals surface area contributed by atoms with Crippen molar-refractivity contribution in [2.45, 2.75) is 0 Å². The van der Waals surface area contributed by atoms with E-state index in [1.807, 2.05) is 0 Å². The molecule has 19 heavy (non-hydrogen) atoms. The molecule has 0 aromatic heterocycles. The van der Waals surface area contributed by atoms with Crippen LogP contribution < -0.4 is 5.32 Å². The summed E-state index contributed by atoms with van der Waals surface area (Å²) in [7, 11) is 0. The first-order valence-electron chi connectivity index (χ1n) is 5.19. The molecule has 0 aliphatic carbocycles. The zero-order valence-corrected chi connectivity index (χ0v) is 10.9. The van der Waals surface area contributed by atoms with Crippen LogP contribution in [0.2, 0.25) is 10.0 Å². The van der Waals surface area contributed by atoms with Gasteiger partial charge >= 0.3 is 0 Å². The highest BCUT2D eigenvalue weighted by Crippen LogP contribution is 2.22. The van der Waals surface area contributed by atoms with Crippen molar-refractivity contribution in [3.8, 4) is 0 Å². The first-order valence-corrected chi connectivity index (χ1v) is 5.94. The molecule has 0 unspecified atom stereocenters. The number of hydrogen-bond acceptors (Lipinski definition) is 1. The molecular weight excluding hydrogens is 295 g/mol. The summed E-state index contributed by atoms with van der Waals surface area (Å²) in [5, 5.41) is 2.66. The lowest BCUT2D eigenvalue weighted by Crippen LogP contribution is -2.14. The fraction of sp³-hybridized carbons (Fsp3) is 0. The quantitative estimate of drug-likeness (QED) is 0.868. The van der Waals surface area contributed by atoms with E-state index < -0.39 is 23.2 Å². The van der Waals surface area contributed by atoms with Gasteiger partial charge in [0.25, 0.3) is 5.91 Å². The van der Waals surface area contributed by atoms with Crippen molar-refractivity contribution in [3.63, 3.8) is 0 Å². The molecule has 1 N–H and O–H groups in total. The Morgan fingerprint density at radius 3 is 2.05 bits per heavy atom. The largest absolute Gasteiger partial charge is 0.317 e. The van der Waals surface area contributed by atoms with Gasteiger partial charge in [-0.1, -0.05) is 29.3 Å². The summed E-state index contributed by atoms with van der Waals surface area (Å²) in [6.45, 7) is 0. The van der Waals surface area contributed by atoms with E-state index in [9.17, 15) is 13.6 Å². The Morgan fingerprint density at radius 1 is 1.00 bits per heavy atom. The van der Waals surface area contributed by atoms with E-state index >= 15 is 0 Å². The number of nitrogens with one attached hydrogen (secondary N) is 1. The van der Waals surface area contributed by atoms with E-state index in [0.717, 1.165) is 12.1 Å². The average Bonchev–Trinajstić information content (AvgIpc) is 2.32. The third-order valence-corrected chi connectivity index (χ3v) is 2.76. The lowest BCUT2D eigenvalue weighted by Gasteiger charge is -2.08. The molecule has 0 spiro atoms. The fourth-order valence-corrected chi connectivity index (χ4v) is 2.01. The van der Waals surface area contributed by atoms with Crippen molar-refractivity contribution < 1.29 is 13.6 Å². The van der Waals surface area contributed by atoms with Crippen LogP contribution in [0.25, 0.3) is 0 Å². The first kappa shape index (κ1) is 13.8. The van der Waals surface area contributed by atoms with Gasteiger partial charge in [-0.3, -0.25) is 4.79 Å². The Bertz CT molecular complexity index is 606. The number of hydrogen-bond donors (Lipinski definition) is 1. The van der Waals surface area contributed by atoms with Gasteiger partial charge in [0.1, 0.15) is 17.3 Å². The van der Waals surface area contributed by atoms with Crippen LogP contribution in [0.3, 0.4) is 0 Å². The molecular formula is C13H7Cl2F2NO. The smallest absolute Gasteiger partial charge is 0.255 e. The molecule has 0 aliphatic rings. The summed E-state index contributed by atoms with van der Waals surface area (Å²) in [5.41, 5.74) is -0.399. The molecule has 0 saturated carbocycles. The second-order valence-electron chi connectivity index (χ2n) is 3.71. The molecule has 0 saturated heterocycles. The lowest BCUT2D eigenvalue weighted by molar-refractivity contribution is 0.102. The molecule has 0 aliphatic heterocycles. The summed E-state index contributed by atoms with van der Waals surface area (Å²) < 4.78 is 26.8. The minimum Gasteiger partial charge on any atom is -0.317 e. The minimum absolute atomic E-state index is 0.111. The summed E-state index contributed by atoms with van der Waals surface area (Å²) in [6.07, 6.45) is 0. The van der Waals surface area contributed by atoms with Crippen LogP contribution in [0.5, 0.6) is 0 Å². The van der Waals surface area contributed by atoms with E-state index in [2.05, 4.69) is 5.32 Å².